The van der Waals surface area contributed by atoms with E-state index in [0.29, 0.717) is 15.7 Å². The molecule has 1 unspecified atom stereocenters. The number of nitrogens with two attached hydrogens (primary N) is 1. The van der Waals surface area contributed by atoms with Crippen LogP contribution in [0.2, 0.25) is 0 Å². The van der Waals surface area contributed by atoms with Crippen molar-refractivity contribution in [3.8, 4) is 6.07 Å². The molecule has 17 heavy (non-hydrogen) atoms. The molecule has 1 aromatic rings. The topological polar surface area (TPSA) is 88.1 Å². The van der Waals surface area contributed by atoms with Gasteiger partial charge < -0.3 is 15.8 Å². The molecule has 90 valence electrons. The number of carbonyl (C=O) groups excluding carboxylic acids is 1. The van der Waals surface area contributed by atoms with E-state index in [-0.39, 0.29) is 12.5 Å². The van der Waals surface area contributed by atoms with Crippen molar-refractivity contribution in [1.82, 2.24) is 0 Å². The Morgan fingerprint density at radius 2 is 2.41 bits per heavy atom. The molecule has 1 atom stereocenters. The summed E-state index contributed by atoms with van der Waals surface area (Å²) >= 11 is 3.24. The SMILES string of the molecule is COC(CN)C(=O)Nc1ccc(C#N)c(Br)c1. The molecule has 0 saturated heterocycles. The van der Waals surface area contributed by atoms with E-state index < -0.39 is 6.10 Å². The van der Waals surface area contributed by atoms with Gasteiger partial charge in [0.15, 0.2) is 0 Å². The van der Waals surface area contributed by atoms with Crippen LogP contribution < -0.4 is 11.1 Å². The summed E-state index contributed by atoms with van der Waals surface area (Å²) < 4.78 is 5.53. The Bertz CT molecular complexity index is 453. The number of ether oxygens (including phenoxy) is 1. The average Bonchev–Trinajstić information content (AvgIpc) is 2.31. The van der Waals surface area contributed by atoms with Gasteiger partial charge in [-0.3, -0.25) is 4.79 Å². The van der Waals surface area contributed by atoms with Crippen LogP contribution in [-0.2, 0) is 9.53 Å². The van der Waals surface area contributed by atoms with Gasteiger partial charge in [-0.25, -0.2) is 0 Å². The quantitative estimate of drug-likeness (QED) is 0.875. The maximum Gasteiger partial charge on any atom is 0.254 e. The molecule has 0 bridgehead atoms. The molecule has 6 heteroatoms. The summed E-state index contributed by atoms with van der Waals surface area (Å²) in [6.45, 7) is 0.111. The summed E-state index contributed by atoms with van der Waals surface area (Å²) in [5.74, 6) is -0.313. The van der Waals surface area contributed by atoms with Gasteiger partial charge in [0.05, 0.1) is 5.56 Å². The predicted octanol–water partition coefficient (Wildman–Crippen LogP) is 1.23. The first-order chi connectivity index (χ1) is 8.12. The number of amides is 1. The van der Waals surface area contributed by atoms with Gasteiger partial charge in [0.1, 0.15) is 12.2 Å². The molecular weight excluding hydrogens is 286 g/mol. The Morgan fingerprint density at radius 3 is 2.88 bits per heavy atom. The van der Waals surface area contributed by atoms with Gasteiger partial charge in [-0.15, -0.1) is 0 Å². The fraction of sp³-hybridized carbons (Fsp3) is 0.273. The number of halogens is 1. The number of anilines is 1. The van der Waals surface area contributed by atoms with Crippen molar-refractivity contribution >= 4 is 27.5 Å². The fourth-order valence-electron chi connectivity index (χ4n) is 1.22. The third-order valence-corrected chi connectivity index (χ3v) is 2.80. The van der Waals surface area contributed by atoms with Gasteiger partial charge in [-0.05, 0) is 34.1 Å². The van der Waals surface area contributed by atoms with E-state index in [0.717, 1.165) is 0 Å². The van der Waals surface area contributed by atoms with Crippen LogP contribution in [0.25, 0.3) is 0 Å². The largest absolute Gasteiger partial charge is 0.370 e. The summed E-state index contributed by atoms with van der Waals surface area (Å²) in [5.41, 5.74) is 6.46. The number of rotatable bonds is 4. The minimum Gasteiger partial charge on any atom is -0.370 e. The monoisotopic (exact) mass is 297 g/mol. The maximum atomic E-state index is 11.6. The van der Waals surface area contributed by atoms with Crippen LogP contribution in [0.1, 0.15) is 5.56 Å². The van der Waals surface area contributed by atoms with Crippen LogP contribution in [0.3, 0.4) is 0 Å². The number of benzene rings is 1. The zero-order valence-electron chi connectivity index (χ0n) is 9.24. The summed E-state index contributed by atoms with van der Waals surface area (Å²) in [6.07, 6.45) is -0.676. The number of carbonyl (C=O) groups is 1. The summed E-state index contributed by atoms with van der Waals surface area (Å²) in [4.78, 5) is 11.6. The van der Waals surface area contributed by atoms with Crippen molar-refractivity contribution in [2.24, 2.45) is 5.73 Å². The molecule has 1 aromatic carbocycles. The molecule has 5 nitrogen and oxygen atoms in total. The van der Waals surface area contributed by atoms with E-state index in [9.17, 15) is 4.79 Å². The lowest BCUT2D eigenvalue weighted by molar-refractivity contribution is -0.125. The highest BCUT2D eigenvalue weighted by molar-refractivity contribution is 9.10. The van der Waals surface area contributed by atoms with Crippen molar-refractivity contribution in [2.75, 3.05) is 19.0 Å². The zero-order chi connectivity index (χ0) is 12.8. The highest BCUT2D eigenvalue weighted by Crippen LogP contribution is 2.20. The van der Waals surface area contributed by atoms with E-state index in [2.05, 4.69) is 21.2 Å². The number of nitrogens with zero attached hydrogens (tertiary/aromatic N) is 1. The lowest BCUT2D eigenvalue weighted by Crippen LogP contribution is -2.35. The van der Waals surface area contributed by atoms with Crippen molar-refractivity contribution in [3.63, 3.8) is 0 Å². The molecule has 0 fully saturated rings. The van der Waals surface area contributed by atoms with Crippen LogP contribution >= 0.6 is 15.9 Å². The number of nitrogens with one attached hydrogen (secondary N) is 1. The Hall–Kier alpha value is -1.42. The first-order valence-corrected chi connectivity index (χ1v) is 5.65. The normalized spacial score (nSPS) is 11.6. The highest BCUT2D eigenvalue weighted by Gasteiger charge is 2.15. The number of hydrogen-bond acceptors (Lipinski definition) is 4. The molecule has 0 aliphatic heterocycles. The maximum absolute atomic E-state index is 11.6. The third kappa shape index (κ3) is 3.53. The van der Waals surface area contributed by atoms with Gasteiger partial charge >= 0.3 is 0 Å². The minimum atomic E-state index is -0.676. The number of methoxy groups -OCH3 is 1. The van der Waals surface area contributed by atoms with Gasteiger partial charge in [0, 0.05) is 23.8 Å². The van der Waals surface area contributed by atoms with Gasteiger partial charge in [0.25, 0.3) is 5.91 Å². The first-order valence-electron chi connectivity index (χ1n) is 4.85. The van der Waals surface area contributed by atoms with Crippen LogP contribution in [0.15, 0.2) is 22.7 Å². The van der Waals surface area contributed by atoms with Gasteiger partial charge in [0.2, 0.25) is 0 Å². The lowest BCUT2D eigenvalue weighted by atomic mass is 10.2. The molecule has 0 saturated carbocycles. The fourth-order valence-corrected chi connectivity index (χ4v) is 1.68. The Labute approximate surface area is 108 Å². The van der Waals surface area contributed by atoms with Crippen LogP contribution in [0.4, 0.5) is 5.69 Å². The molecular formula is C11H12BrN3O2. The molecule has 1 rings (SSSR count). The summed E-state index contributed by atoms with van der Waals surface area (Å²) in [7, 11) is 1.42. The minimum absolute atomic E-state index is 0.111. The third-order valence-electron chi connectivity index (χ3n) is 2.15. The smallest absolute Gasteiger partial charge is 0.254 e. The van der Waals surface area contributed by atoms with Crippen molar-refractivity contribution in [2.45, 2.75) is 6.10 Å². The lowest BCUT2D eigenvalue weighted by Gasteiger charge is -2.13. The molecule has 0 radical (unpaired) electrons. The van der Waals surface area contributed by atoms with Crippen molar-refractivity contribution in [1.29, 1.82) is 5.26 Å². The average molecular weight is 298 g/mol. The van der Waals surface area contributed by atoms with Crippen LogP contribution in [-0.4, -0.2) is 25.7 Å². The summed E-state index contributed by atoms with van der Waals surface area (Å²) in [5, 5.41) is 11.4. The Morgan fingerprint density at radius 1 is 1.71 bits per heavy atom. The molecule has 3 N–H and O–H groups in total. The second-order valence-electron chi connectivity index (χ2n) is 3.26. The Kier molecular flexibility index (Phi) is 5.10. The highest BCUT2D eigenvalue weighted by atomic mass is 79.9. The van der Waals surface area contributed by atoms with Crippen molar-refractivity contribution < 1.29 is 9.53 Å². The van der Waals surface area contributed by atoms with E-state index in [1.807, 2.05) is 6.07 Å². The Balaban J connectivity index is 2.79. The molecule has 0 aromatic heterocycles. The number of nitriles is 1. The molecule has 1 amide bonds. The van der Waals surface area contributed by atoms with E-state index in [1.54, 1.807) is 18.2 Å². The second-order valence-corrected chi connectivity index (χ2v) is 4.11. The van der Waals surface area contributed by atoms with E-state index in [1.165, 1.54) is 7.11 Å². The summed E-state index contributed by atoms with van der Waals surface area (Å²) in [6, 6.07) is 6.93. The van der Waals surface area contributed by atoms with E-state index in [4.69, 9.17) is 15.7 Å². The first kappa shape index (κ1) is 13.6. The van der Waals surface area contributed by atoms with Crippen LogP contribution in [0, 0.1) is 11.3 Å². The molecule has 0 spiro atoms. The number of hydrogen-bond donors (Lipinski definition) is 2. The van der Waals surface area contributed by atoms with Crippen molar-refractivity contribution in [3.05, 3.63) is 28.2 Å². The molecule has 0 aliphatic carbocycles. The zero-order valence-corrected chi connectivity index (χ0v) is 10.8. The van der Waals surface area contributed by atoms with Gasteiger partial charge in [-0.1, -0.05) is 0 Å². The van der Waals surface area contributed by atoms with Crippen LogP contribution in [0.5, 0.6) is 0 Å². The second kappa shape index (κ2) is 6.35. The molecule has 0 heterocycles. The van der Waals surface area contributed by atoms with Gasteiger partial charge in [-0.2, -0.15) is 5.26 Å². The predicted molar refractivity (Wildman–Crippen MR) is 67.3 cm³/mol. The molecule has 0 aliphatic rings. The van der Waals surface area contributed by atoms with E-state index >= 15 is 0 Å². The standard InChI is InChI=1S/C11H12BrN3O2/c1-17-10(6-14)11(16)15-8-3-2-7(5-13)9(12)4-8/h2-4,10H,6,14H2,1H3,(H,15,16).